The van der Waals surface area contributed by atoms with Gasteiger partial charge in [0.25, 0.3) is 0 Å². The summed E-state index contributed by atoms with van der Waals surface area (Å²) in [7, 11) is 4.98. The predicted molar refractivity (Wildman–Crippen MR) is 133 cm³/mol. The lowest BCUT2D eigenvalue weighted by Gasteiger charge is -2.19. The first-order valence-electron chi connectivity index (χ1n) is 10.4. The molecule has 0 spiro atoms. The Labute approximate surface area is 205 Å². The highest BCUT2D eigenvalue weighted by Gasteiger charge is 2.23. The van der Waals surface area contributed by atoms with Gasteiger partial charge in [-0.05, 0) is 42.7 Å². The lowest BCUT2D eigenvalue weighted by molar-refractivity contribution is 0.321. The monoisotopic (exact) mass is 560 g/mol. The van der Waals surface area contributed by atoms with Crippen LogP contribution in [0.3, 0.4) is 0 Å². The molecule has 2 N–H and O–H groups in total. The minimum atomic E-state index is -0.523. The van der Waals surface area contributed by atoms with Crippen LogP contribution < -0.4 is 20.1 Å². The van der Waals surface area contributed by atoms with Gasteiger partial charge < -0.3 is 20.1 Å². The van der Waals surface area contributed by atoms with E-state index in [-0.39, 0.29) is 42.0 Å². The number of rotatable bonds is 8. The van der Waals surface area contributed by atoms with E-state index in [1.807, 2.05) is 18.2 Å². The normalized spacial score (nSPS) is 16.4. The Hall–Kier alpha value is -2.14. The number of benzene rings is 2. The number of guanidine groups is 1. The topological polar surface area (TPSA) is 58.1 Å². The van der Waals surface area contributed by atoms with Crippen molar-refractivity contribution >= 4 is 29.9 Å². The predicted octanol–water partition coefficient (Wildman–Crippen LogP) is 3.58. The van der Waals surface area contributed by atoms with Gasteiger partial charge in [0, 0.05) is 50.9 Å². The molecule has 1 atom stereocenters. The summed E-state index contributed by atoms with van der Waals surface area (Å²) in [6.07, 6.45) is 1.22. The number of likely N-dealkylation sites (tertiary alicyclic amines) is 1. The third kappa shape index (κ3) is 7.19. The third-order valence-electron chi connectivity index (χ3n) is 5.38. The first-order chi connectivity index (χ1) is 15.0. The number of methoxy groups -OCH3 is 2. The number of nitrogens with zero attached hydrogens (tertiary/aromatic N) is 2. The summed E-state index contributed by atoms with van der Waals surface area (Å²) in [5.74, 6) is 1.14. The van der Waals surface area contributed by atoms with Crippen molar-refractivity contribution in [2.24, 2.45) is 4.99 Å². The Kier molecular flexibility index (Phi) is 10.4. The van der Waals surface area contributed by atoms with Crippen LogP contribution in [-0.4, -0.2) is 57.8 Å². The Bertz CT molecular complexity index is 871. The molecule has 1 fully saturated rings. The average molecular weight is 560 g/mol. The minimum Gasteiger partial charge on any atom is -0.497 e. The van der Waals surface area contributed by atoms with Gasteiger partial charge in [0.15, 0.2) is 5.96 Å². The molecule has 2 aromatic carbocycles. The van der Waals surface area contributed by atoms with Crippen molar-refractivity contribution in [2.45, 2.75) is 25.4 Å². The fourth-order valence-electron chi connectivity index (χ4n) is 3.77. The molecule has 0 aliphatic carbocycles. The third-order valence-corrected chi connectivity index (χ3v) is 5.38. The van der Waals surface area contributed by atoms with Crippen LogP contribution in [0.5, 0.6) is 11.5 Å². The number of hydrogen-bond donors (Lipinski definition) is 2. The molecule has 1 aliphatic rings. The molecule has 6 nitrogen and oxygen atoms in total. The summed E-state index contributed by atoms with van der Waals surface area (Å²) in [4.78, 5) is 6.59. The molecule has 0 amide bonds. The highest BCUT2D eigenvalue weighted by molar-refractivity contribution is 14.0. The second-order valence-electron chi connectivity index (χ2n) is 7.54. The second kappa shape index (κ2) is 12.8. The van der Waals surface area contributed by atoms with Crippen LogP contribution in [-0.2, 0) is 13.0 Å². The molecule has 0 radical (unpaired) electrons. The molecule has 0 saturated carbocycles. The fraction of sp³-hybridized carbons (Fsp3) is 0.435. The fourth-order valence-corrected chi connectivity index (χ4v) is 3.77. The van der Waals surface area contributed by atoms with Gasteiger partial charge in [-0.2, -0.15) is 0 Å². The Balaban J connectivity index is 0.00000363. The number of ether oxygens (including phenoxy) is 2. The van der Waals surface area contributed by atoms with Crippen molar-refractivity contribution in [2.75, 3.05) is 40.9 Å². The molecule has 1 aliphatic heterocycles. The zero-order valence-corrected chi connectivity index (χ0v) is 21.0. The van der Waals surface area contributed by atoms with Gasteiger partial charge in [-0.3, -0.25) is 9.89 Å². The maximum atomic E-state index is 13.8. The molecule has 9 heteroatoms. The lowest BCUT2D eigenvalue weighted by Crippen LogP contribution is -2.45. The highest BCUT2D eigenvalue weighted by atomic mass is 127. The zero-order chi connectivity index (χ0) is 22.2. The van der Waals surface area contributed by atoms with Crippen LogP contribution in [0.2, 0.25) is 0 Å². The zero-order valence-electron chi connectivity index (χ0n) is 18.7. The first kappa shape index (κ1) is 26.1. The van der Waals surface area contributed by atoms with E-state index >= 15 is 0 Å². The SMILES string of the molecule is CN=C(NCCc1c(F)cccc1F)NC1CCN(Cc2cc(OC)cc(OC)c2)C1.I. The molecule has 0 bridgehead atoms. The van der Waals surface area contributed by atoms with Crippen molar-refractivity contribution in [3.05, 3.63) is 59.2 Å². The molecule has 3 rings (SSSR count). The molecule has 2 aromatic rings. The van der Waals surface area contributed by atoms with Crippen LogP contribution >= 0.6 is 24.0 Å². The quantitative estimate of drug-likeness (QED) is 0.294. The molecule has 1 saturated heterocycles. The van der Waals surface area contributed by atoms with Crippen molar-refractivity contribution in [1.29, 1.82) is 0 Å². The Morgan fingerprint density at radius 2 is 1.78 bits per heavy atom. The first-order valence-corrected chi connectivity index (χ1v) is 10.4. The van der Waals surface area contributed by atoms with Gasteiger partial charge in [0.05, 0.1) is 14.2 Å². The number of aliphatic imine (C=N–C) groups is 1. The van der Waals surface area contributed by atoms with Gasteiger partial charge in [0.1, 0.15) is 23.1 Å². The van der Waals surface area contributed by atoms with Crippen LogP contribution in [0.25, 0.3) is 0 Å². The summed E-state index contributed by atoms with van der Waals surface area (Å²) in [5, 5.41) is 6.55. The highest BCUT2D eigenvalue weighted by Crippen LogP contribution is 2.24. The molecule has 0 aromatic heterocycles. The van der Waals surface area contributed by atoms with Crippen molar-refractivity contribution in [3.63, 3.8) is 0 Å². The number of hydrogen-bond acceptors (Lipinski definition) is 4. The number of nitrogens with one attached hydrogen (secondary N) is 2. The smallest absolute Gasteiger partial charge is 0.191 e. The van der Waals surface area contributed by atoms with Gasteiger partial charge in [-0.1, -0.05) is 6.07 Å². The second-order valence-corrected chi connectivity index (χ2v) is 7.54. The minimum absolute atomic E-state index is 0. The Morgan fingerprint density at radius 3 is 2.38 bits per heavy atom. The van der Waals surface area contributed by atoms with Crippen LogP contribution in [0.15, 0.2) is 41.4 Å². The van der Waals surface area contributed by atoms with E-state index in [1.165, 1.54) is 18.2 Å². The van der Waals surface area contributed by atoms with E-state index in [0.29, 0.717) is 12.5 Å². The van der Waals surface area contributed by atoms with E-state index in [9.17, 15) is 8.78 Å². The van der Waals surface area contributed by atoms with Gasteiger partial charge in [-0.25, -0.2) is 8.78 Å². The summed E-state index contributed by atoms with van der Waals surface area (Å²) in [6.45, 7) is 3.00. The van der Waals surface area contributed by atoms with Gasteiger partial charge in [0.2, 0.25) is 0 Å². The van der Waals surface area contributed by atoms with Crippen molar-refractivity contribution in [1.82, 2.24) is 15.5 Å². The largest absolute Gasteiger partial charge is 0.497 e. The molecule has 32 heavy (non-hydrogen) atoms. The maximum Gasteiger partial charge on any atom is 0.191 e. The standard InChI is InChI=1S/C23H30F2N4O2.HI/c1-26-23(27-9-7-20-21(24)5-4-6-22(20)25)28-17-8-10-29(15-17)14-16-11-18(30-2)13-19(12-16)31-3;/h4-6,11-13,17H,7-10,14-15H2,1-3H3,(H2,26,27,28);1H. The molecule has 1 unspecified atom stereocenters. The van der Waals surface area contributed by atoms with E-state index < -0.39 is 11.6 Å². The van der Waals surface area contributed by atoms with Crippen molar-refractivity contribution < 1.29 is 18.3 Å². The summed E-state index contributed by atoms with van der Waals surface area (Å²) in [5.41, 5.74) is 1.22. The van der Waals surface area contributed by atoms with Crippen molar-refractivity contribution in [3.8, 4) is 11.5 Å². The lowest BCUT2D eigenvalue weighted by atomic mass is 10.1. The van der Waals surface area contributed by atoms with Gasteiger partial charge >= 0.3 is 0 Å². The maximum absolute atomic E-state index is 13.8. The molecular formula is C23H31F2IN4O2. The molecule has 176 valence electrons. The van der Waals surface area contributed by atoms with E-state index in [2.05, 4.69) is 20.5 Å². The van der Waals surface area contributed by atoms with Crippen LogP contribution in [0, 0.1) is 11.6 Å². The molecule has 1 heterocycles. The van der Waals surface area contributed by atoms with E-state index in [4.69, 9.17) is 9.47 Å². The van der Waals surface area contributed by atoms with Crippen LogP contribution in [0.4, 0.5) is 8.78 Å². The molecular weight excluding hydrogens is 529 g/mol. The Morgan fingerprint density at radius 1 is 1.12 bits per heavy atom. The summed E-state index contributed by atoms with van der Waals surface area (Å²) in [6, 6.07) is 10.1. The number of halogens is 3. The summed E-state index contributed by atoms with van der Waals surface area (Å²) < 4.78 is 38.2. The van der Waals surface area contributed by atoms with Crippen LogP contribution in [0.1, 0.15) is 17.5 Å². The van der Waals surface area contributed by atoms with Gasteiger partial charge in [-0.15, -0.1) is 24.0 Å². The average Bonchev–Trinajstić information content (AvgIpc) is 3.21. The van der Waals surface area contributed by atoms with E-state index in [0.717, 1.165) is 43.1 Å². The summed E-state index contributed by atoms with van der Waals surface area (Å²) >= 11 is 0. The van der Waals surface area contributed by atoms with E-state index in [1.54, 1.807) is 21.3 Å².